The van der Waals surface area contributed by atoms with Crippen molar-refractivity contribution in [3.05, 3.63) is 0 Å². The van der Waals surface area contributed by atoms with Crippen molar-refractivity contribution in [3.8, 4) is 0 Å². The normalized spacial score (nSPS) is 25.4. The molecule has 4 nitrogen and oxygen atoms in total. The largest absolute Gasteiger partial charge is 0.368 e. The lowest BCUT2D eigenvalue weighted by atomic mass is 10.1. The molecule has 0 aliphatic carbocycles. The van der Waals surface area contributed by atoms with Gasteiger partial charge in [-0.25, -0.2) is 0 Å². The monoisotopic (exact) mass is 201 g/mol. The first-order chi connectivity index (χ1) is 6.74. The lowest BCUT2D eigenvalue weighted by molar-refractivity contribution is -0.119. The molecule has 0 bridgehead atoms. The van der Waals surface area contributed by atoms with Crippen molar-refractivity contribution in [2.45, 2.75) is 45.2 Å². The van der Waals surface area contributed by atoms with E-state index in [-0.39, 0.29) is 11.9 Å². The predicted octanol–water partition coefficient (Wildman–Crippen LogP) is 0.228. The van der Waals surface area contributed by atoms with Crippen molar-refractivity contribution in [2.75, 3.05) is 13.6 Å². The number of nitrogens with one attached hydrogen (secondary N) is 2. The Morgan fingerprint density at radius 2 is 2.14 bits per heavy atom. The van der Waals surface area contributed by atoms with E-state index in [1.165, 1.54) is 0 Å². The summed E-state index contributed by atoms with van der Waals surface area (Å²) in [4.78, 5) is 10.8. The van der Waals surface area contributed by atoms with E-state index in [0.717, 1.165) is 25.8 Å². The molecular formula is C10H23N3O. The highest BCUT2D eigenvalue weighted by molar-refractivity contribution is 5.80. The topological polar surface area (TPSA) is 67.1 Å². The van der Waals surface area contributed by atoms with E-state index in [9.17, 15) is 4.79 Å². The molecule has 1 aliphatic rings. The number of hydrogen-bond donors (Lipinski definition) is 3. The van der Waals surface area contributed by atoms with E-state index in [2.05, 4.69) is 10.6 Å². The maximum atomic E-state index is 10.8. The van der Waals surface area contributed by atoms with Crippen molar-refractivity contribution < 1.29 is 4.79 Å². The molecule has 0 aromatic rings. The molecule has 4 heteroatoms. The zero-order valence-corrected chi connectivity index (χ0v) is 9.47. The third-order valence-corrected chi connectivity index (χ3v) is 2.33. The van der Waals surface area contributed by atoms with E-state index >= 15 is 0 Å². The van der Waals surface area contributed by atoms with Crippen molar-refractivity contribution in [1.29, 1.82) is 0 Å². The average Bonchev–Trinajstić information content (AvgIpc) is 2.66. The molecule has 1 rings (SSSR count). The van der Waals surface area contributed by atoms with Gasteiger partial charge in [0.2, 0.25) is 5.91 Å². The van der Waals surface area contributed by atoms with Gasteiger partial charge in [-0.3, -0.25) is 4.79 Å². The fraction of sp³-hybridized carbons (Fsp3) is 0.900. The minimum Gasteiger partial charge on any atom is -0.368 e. The molecule has 0 spiro atoms. The van der Waals surface area contributed by atoms with Crippen LogP contribution >= 0.6 is 0 Å². The molecule has 0 radical (unpaired) electrons. The molecule has 1 amide bonds. The quantitative estimate of drug-likeness (QED) is 0.610. The van der Waals surface area contributed by atoms with E-state index in [1.807, 2.05) is 20.9 Å². The highest BCUT2D eigenvalue weighted by Gasteiger charge is 2.26. The highest BCUT2D eigenvalue weighted by Crippen LogP contribution is 2.13. The van der Waals surface area contributed by atoms with Gasteiger partial charge in [-0.05, 0) is 32.9 Å². The van der Waals surface area contributed by atoms with Gasteiger partial charge in [0.1, 0.15) is 0 Å². The molecule has 1 saturated heterocycles. The predicted molar refractivity (Wildman–Crippen MR) is 59.0 cm³/mol. The number of rotatable bonds is 4. The minimum absolute atomic E-state index is 0.0909. The Bertz CT molecular complexity index is 161. The van der Waals surface area contributed by atoms with Gasteiger partial charge in [0.15, 0.2) is 0 Å². The number of hydrogen-bond acceptors (Lipinski definition) is 3. The average molecular weight is 201 g/mol. The SMILES string of the molecule is CC.CNCCC1CCC(C(N)=O)N1. The number of carbonyl (C=O) groups is 1. The molecule has 0 aromatic heterocycles. The smallest absolute Gasteiger partial charge is 0.234 e. The summed E-state index contributed by atoms with van der Waals surface area (Å²) in [6.45, 7) is 4.99. The minimum atomic E-state index is -0.220. The van der Waals surface area contributed by atoms with Gasteiger partial charge in [-0.2, -0.15) is 0 Å². The summed E-state index contributed by atoms with van der Waals surface area (Å²) in [5, 5.41) is 6.29. The summed E-state index contributed by atoms with van der Waals surface area (Å²) < 4.78 is 0. The van der Waals surface area contributed by atoms with Crippen molar-refractivity contribution in [1.82, 2.24) is 10.6 Å². The molecule has 0 saturated carbocycles. The second kappa shape index (κ2) is 7.76. The Kier molecular flexibility index (Phi) is 7.42. The van der Waals surface area contributed by atoms with E-state index in [0.29, 0.717) is 6.04 Å². The van der Waals surface area contributed by atoms with Crippen LogP contribution in [0.15, 0.2) is 0 Å². The van der Waals surface area contributed by atoms with Gasteiger partial charge in [-0.15, -0.1) is 0 Å². The molecular weight excluding hydrogens is 178 g/mol. The van der Waals surface area contributed by atoms with Crippen LogP contribution in [0.3, 0.4) is 0 Å². The van der Waals surface area contributed by atoms with Crippen LogP contribution in [-0.4, -0.2) is 31.6 Å². The number of primary amides is 1. The molecule has 14 heavy (non-hydrogen) atoms. The van der Waals surface area contributed by atoms with Crippen molar-refractivity contribution in [2.24, 2.45) is 5.73 Å². The first kappa shape index (κ1) is 13.4. The molecule has 1 fully saturated rings. The summed E-state index contributed by atoms with van der Waals surface area (Å²) in [6.07, 6.45) is 3.03. The van der Waals surface area contributed by atoms with Gasteiger partial charge in [0.25, 0.3) is 0 Å². The van der Waals surface area contributed by atoms with E-state index < -0.39 is 0 Å². The van der Waals surface area contributed by atoms with Crippen LogP contribution in [0.4, 0.5) is 0 Å². The van der Waals surface area contributed by atoms with Crippen LogP contribution < -0.4 is 16.4 Å². The lowest BCUT2D eigenvalue weighted by Gasteiger charge is -2.11. The molecule has 1 aliphatic heterocycles. The van der Waals surface area contributed by atoms with Crippen LogP contribution in [0.2, 0.25) is 0 Å². The summed E-state index contributed by atoms with van der Waals surface area (Å²) >= 11 is 0. The van der Waals surface area contributed by atoms with Crippen molar-refractivity contribution in [3.63, 3.8) is 0 Å². The van der Waals surface area contributed by atoms with Gasteiger partial charge in [-0.1, -0.05) is 13.8 Å². The summed E-state index contributed by atoms with van der Waals surface area (Å²) in [6, 6.07) is 0.377. The summed E-state index contributed by atoms with van der Waals surface area (Å²) in [5.41, 5.74) is 5.17. The van der Waals surface area contributed by atoms with Crippen LogP contribution in [0.1, 0.15) is 33.1 Å². The third-order valence-electron chi connectivity index (χ3n) is 2.33. The summed E-state index contributed by atoms with van der Waals surface area (Å²) in [7, 11) is 1.93. The Morgan fingerprint density at radius 1 is 1.50 bits per heavy atom. The second-order valence-electron chi connectivity index (χ2n) is 3.29. The zero-order valence-electron chi connectivity index (χ0n) is 9.47. The Labute approximate surface area is 86.6 Å². The fourth-order valence-corrected chi connectivity index (χ4v) is 1.59. The van der Waals surface area contributed by atoms with Crippen LogP contribution in [0, 0.1) is 0 Å². The van der Waals surface area contributed by atoms with Gasteiger partial charge < -0.3 is 16.4 Å². The first-order valence-electron chi connectivity index (χ1n) is 5.44. The summed E-state index contributed by atoms with van der Waals surface area (Å²) in [5.74, 6) is -0.220. The van der Waals surface area contributed by atoms with Crippen LogP contribution in [0.25, 0.3) is 0 Å². The lowest BCUT2D eigenvalue weighted by Crippen LogP contribution is -2.40. The fourth-order valence-electron chi connectivity index (χ4n) is 1.59. The maximum Gasteiger partial charge on any atom is 0.234 e. The van der Waals surface area contributed by atoms with Gasteiger partial charge in [0.05, 0.1) is 6.04 Å². The van der Waals surface area contributed by atoms with E-state index in [4.69, 9.17) is 5.73 Å². The molecule has 2 atom stereocenters. The first-order valence-corrected chi connectivity index (χ1v) is 5.44. The Hall–Kier alpha value is -0.610. The molecule has 1 heterocycles. The van der Waals surface area contributed by atoms with Gasteiger partial charge >= 0.3 is 0 Å². The molecule has 4 N–H and O–H groups in total. The highest BCUT2D eigenvalue weighted by atomic mass is 16.1. The number of amides is 1. The molecule has 0 aromatic carbocycles. The maximum absolute atomic E-state index is 10.8. The second-order valence-corrected chi connectivity index (χ2v) is 3.29. The Balaban J connectivity index is 0.000000791. The van der Waals surface area contributed by atoms with Crippen LogP contribution in [-0.2, 0) is 4.79 Å². The van der Waals surface area contributed by atoms with Gasteiger partial charge in [0, 0.05) is 6.04 Å². The number of nitrogens with two attached hydrogens (primary N) is 1. The molecule has 84 valence electrons. The standard InChI is InChI=1S/C8H17N3O.C2H6/c1-10-5-4-6-2-3-7(11-6)8(9)12;1-2/h6-7,10-11H,2-5H2,1H3,(H2,9,12);1-2H3. The zero-order chi connectivity index (χ0) is 11.0. The third kappa shape index (κ3) is 4.58. The Morgan fingerprint density at radius 3 is 2.57 bits per heavy atom. The van der Waals surface area contributed by atoms with Crippen LogP contribution in [0.5, 0.6) is 0 Å². The van der Waals surface area contributed by atoms with Crippen molar-refractivity contribution >= 4 is 5.91 Å². The number of carbonyl (C=O) groups excluding carboxylic acids is 1. The molecule has 2 unspecified atom stereocenters. The van der Waals surface area contributed by atoms with E-state index in [1.54, 1.807) is 0 Å².